The van der Waals surface area contributed by atoms with Gasteiger partial charge in [0.1, 0.15) is 5.82 Å². The van der Waals surface area contributed by atoms with Gasteiger partial charge in [0.25, 0.3) is 0 Å². The van der Waals surface area contributed by atoms with Crippen molar-refractivity contribution in [3.63, 3.8) is 0 Å². The molecule has 1 aromatic rings. The molecule has 1 aliphatic rings. The number of rotatable bonds is 5. The van der Waals surface area contributed by atoms with Gasteiger partial charge in [-0.25, -0.2) is 4.98 Å². The maximum atomic E-state index is 9.58. The van der Waals surface area contributed by atoms with Gasteiger partial charge in [-0.05, 0) is 32.7 Å². The first kappa shape index (κ1) is 13.6. The van der Waals surface area contributed by atoms with E-state index < -0.39 is 0 Å². The lowest BCUT2D eigenvalue weighted by Gasteiger charge is -2.36. The molecule has 2 unspecified atom stereocenters. The average molecular weight is 251 g/mol. The Hall–Kier alpha value is -0.870. The van der Waals surface area contributed by atoms with Gasteiger partial charge in [0.2, 0.25) is 0 Å². The predicted octanol–water partition coefficient (Wildman–Crippen LogP) is 1.59. The van der Waals surface area contributed by atoms with Gasteiger partial charge in [0, 0.05) is 38.4 Å². The topological polar surface area (TPSA) is 41.3 Å². The molecule has 2 rings (SSSR count). The third kappa shape index (κ3) is 3.56. The predicted molar refractivity (Wildman–Crippen MR) is 72.4 cm³/mol. The summed E-state index contributed by atoms with van der Waals surface area (Å²) in [4.78, 5) is 6.91. The van der Waals surface area contributed by atoms with Crippen LogP contribution in [0.15, 0.2) is 12.4 Å². The number of aryl methyl sites for hydroxylation is 1. The van der Waals surface area contributed by atoms with Crippen LogP contribution < -0.4 is 0 Å². The molecule has 2 heterocycles. The Morgan fingerprint density at radius 1 is 1.50 bits per heavy atom. The number of imidazole rings is 1. The summed E-state index contributed by atoms with van der Waals surface area (Å²) in [6.45, 7) is 4.12. The molecule has 2 atom stereocenters. The van der Waals surface area contributed by atoms with Gasteiger partial charge in [-0.2, -0.15) is 0 Å². The molecule has 0 bridgehead atoms. The molecule has 18 heavy (non-hydrogen) atoms. The van der Waals surface area contributed by atoms with E-state index >= 15 is 0 Å². The van der Waals surface area contributed by atoms with E-state index in [1.807, 2.05) is 26.4 Å². The van der Waals surface area contributed by atoms with Gasteiger partial charge in [0.05, 0.1) is 6.10 Å². The molecule has 1 aromatic heterocycles. The first-order chi connectivity index (χ1) is 8.66. The van der Waals surface area contributed by atoms with Crippen LogP contribution in [0.3, 0.4) is 0 Å². The van der Waals surface area contributed by atoms with Crippen LogP contribution in [0, 0.1) is 0 Å². The highest BCUT2D eigenvalue weighted by Gasteiger charge is 2.23. The zero-order chi connectivity index (χ0) is 13.0. The smallest absolute Gasteiger partial charge is 0.109 e. The van der Waals surface area contributed by atoms with Gasteiger partial charge in [-0.15, -0.1) is 0 Å². The summed E-state index contributed by atoms with van der Waals surface area (Å²) in [7, 11) is 2.05. The number of hydrogen-bond donors (Lipinski definition) is 1. The van der Waals surface area contributed by atoms with E-state index in [0.29, 0.717) is 6.04 Å². The molecule has 1 saturated heterocycles. The molecular weight excluding hydrogens is 226 g/mol. The van der Waals surface area contributed by atoms with Crippen molar-refractivity contribution in [2.75, 3.05) is 13.1 Å². The van der Waals surface area contributed by atoms with Crippen LogP contribution in [0.2, 0.25) is 0 Å². The van der Waals surface area contributed by atoms with Gasteiger partial charge in [-0.1, -0.05) is 6.42 Å². The van der Waals surface area contributed by atoms with Crippen molar-refractivity contribution in [3.05, 3.63) is 18.2 Å². The Balaban J connectivity index is 1.87. The van der Waals surface area contributed by atoms with Crippen molar-refractivity contribution in [2.45, 2.75) is 51.2 Å². The summed E-state index contributed by atoms with van der Waals surface area (Å²) >= 11 is 0. The van der Waals surface area contributed by atoms with Crippen LogP contribution in [-0.2, 0) is 13.5 Å². The Labute approximate surface area is 110 Å². The van der Waals surface area contributed by atoms with Crippen LogP contribution in [-0.4, -0.2) is 44.8 Å². The fourth-order valence-corrected chi connectivity index (χ4v) is 2.90. The molecule has 0 aromatic carbocycles. The minimum absolute atomic E-state index is 0.191. The molecule has 0 amide bonds. The molecular formula is C14H25N3O. The maximum Gasteiger partial charge on any atom is 0.109 e. The molecule has 0 aliphatic carbocycles. The first-order valence-corrected chi connectivity index (χ1v) is 7.05. The highest BCUT2D eigenvalue weighted by atomic mass is 16.3. The summed E-state index contributed by atoms with van der Waals surface area (Å²) in [5.41, 5.74) is 0. The second kappa shape index (κ2) is 6.34. The summed E-state index contributed by atoms with van der Waals surface area (Å²) in [5.74, 6) is 1.15. The van der Waals surface area contributed by atoms with Crippen LogP contribution in [0.4, 0.5) is 0 Å². The van der Waals surface area contributed by atoms with Gasteiger partial charge in [0.15, 0.2) is 0 Å². The van der Waals surface area contributed by atoms with Crippen molar-refractivity contribution < 1.29 is 5.11 Å². The Bertz CT molecular complexity index is 362. The van der Waals surface area contributed by atoms with E-state index in [1.165, 1.54) is 25.8 Å². The lowest BCUT2D eigenvalue weighted by atomic mass is 9.97. The largest absolute Gasteiger partial charge is 0.393 e. The highest BCUT2D eigenvalue weighted by Crippen LogP contribution is 2.21. The van der Waals surface area contributed by atoms with Crippen LogP contribution in [0.5, 0.6) is 0 Å². The third-order valence-corrected chi connectivity index (χ3v) is 3.91. The minimum atomic E-state index is -0.191. The highest BCUT2D eigenvalue weighted by molar-refractivity contribution is 4.92. The molecule has 1 fully saturated rings. The second-order valence-corrected chi connectivity index (χ2v) is 5.47. The van der Waals surface area contributed by atoms with Crippen molar-refractivity contribution in [3.8, 4) is 0 Å². The zero-order valence-corrected chi connectivity index (χ0v) is 11.5. The van der Waals surface area contributed by atoms with Crippen molar-refractivity contribution >= 4 is 0 Å². The zero-order valence-electron chi connectivity index (χ0n) is 11.5. The second-order valence-electron chi connectivity index (χ2n) is 5.47. The van der Waals surface area contributed by atoms with Crippen molar-refractivity contribution in [1.29, 1.82) is 0 Å². The lowest BCUT2D eigenvalue weighted by molar-refractivity contribution is 0.0873. The number of aliphatic hydroxyl groups excluding tert-OH is 1. The molecule has 0 radical (unpaired) electrons. The van der Waals surface area contributed by atoms with Crippen molar-refractivity contribution in [2.24, 2.45) is 7.05 Å². The van der Waals surface area contributed by atoms with E-state index in [1.54, 1.807) is 0 Å². The summed E-state index contributed by atoms with van der Waals surface area (Å²) in [6.07, 6.45) is 9.39. The Morgan fingerprint density at radius 2 is 2.33 bits per heavy atom. The number of aromatic nitrogens is 2. The van der Waals surface area contributed by atoms with E-state index in [9.17, 15) is 5.11 Å². The quantitative estimate of drug-likeness (QED) is 0.864. The monoisotopic (exact) mass is 251 g/mol. The van der Waals surface area contributed by atoms with E-state index in [-0.39, 0.29) is 6.10 Å². The van der Waals surface area contributed by atoms with Gasteiger partial charge in [-0.3, -0.25) is 4.90 Å². The standard InChI is InChI=1S/C14H25N3O/c1-12(18)11-13-5-3-4-8-17(13)9-6-14-15-7-10-16(14)2/h7,10,12-13,18H,3-6,8-9,11H2,1-2H3. The summed E-state index contributed by atoms with van der Waals surface area (Å²) < 4.78 is 2.09. The van der Waals surface area contributed by atoms with Gasteiger partial charge < -0.3 is 9.67 Å². The third-order valence-electron chi connectivity index (χ3n) is 3.91. The molecule has 4 nitrogen and oxygen atoms in total. The van der Waals surface area contributed by atoms with Crippen LogP contribution in [0.25, 0.3) is 0 Å². The normalized spacial score (nSPS) is 23.2. The summed E-state index contributed by atoms with van der Waals surface area (Å²) in [6, 6.07) is 0.555. The number of nitrogens with zero attached hydrogens (tertiary/aromatic N) is 3. The SMILES string of the molecule is CC(O)CC1CCCCN1CCc1nccn1C. The minimum Gasteiger partial charge on any atom is -0.393 e. The molecule has 4 heteroatoms. The molecule has 1 aliphatic heterocycles. The summed E-state index contributed by atoms with van der Waals surface area (Å²) in [5, 5.41) is 9.58. The van der Waals surface area contributed by atoms with E-state index in [4.69, 9.17) is 0 Å². The number of likely N-dealkylation sites (tertiary alicyclic amines) is 1. The fourth-order valence-electron chi connectivity index (χ4n) is 2.90. The van der Waals surface area contributed by atoms with E-state index in [2.05, 4.69) is 14.5 Å². The van der Waals surface area contributed by atoms with Crippen LogP contribution >= 0.6 is 0 Å². The van der Waals surface area contributed by atoms with Crippen LogP contribution in [0.1, 0.15) is 38.4 Å². The number of hydrogen-bond acceptors (Lipinski definition) is 3. The van der Waals surface area contributed by atoms with Crippen molar-refractivity contribution in [1.82, 2.24) is 14.5 Å². The Kier molecular flexibility index (Phi) is 4.78. The Morgan fingerprint density at radius 3 is 3.00 bits per heavy atom. The molecule has 102 valence electrons. The number of aliphatic hydroxyl groups is 1. The molecule has 1 N–H and O–H groups in total. The number of piperidine rings is 1. The lowest BCUT2D eigenvalue weighted by Crippen LogP contribution is -2.42. The molecule has 0 saturated carbocycles. The molecule has 0 spiro atoms. The fraction of sp³-hybridized carbons (Fsp3) is 0.786. The van der Waals surface area contributed by atoms with E-state index in [0.717, 1.165) is 25.2 Å². The van der Waals surface area contributed by atoms with Gasteiger partial charge >= 0.3 is 0 Å². The maximum absolute atomic E-state index is 9.58. The average Bonchev–Trinajstić information content (AvgIpc) is 2.73. The first-order valence-electron chi connectivity index (χ1n) is 7.05.